The summed E-state index contributed by atoms with van der Waals surface area (Å²) in [5.74, 6) is 0.610. The number of rotatable bonds is 3. The van der Waals surface area contributed by atoms with Crippen molar-refractivity contribution in [3.05, 3.63) is 48.0 Å². The number of hydrogen-bond donors (Lipinski definition) is 2. The van der Waals surface area contributed by atoms with Gasteiger partial charge < -0.3 is 15.0 Å². The zero-order chi connectivity index (χ0) is 17.6. The number of nitrogens with one attached hydrogen (secondary N) is 2. The van der Waals surface area contributed by atoms with Gasteiger partial charge in [0, 0.05) is 19.2 Å². The molecule has 2 heterocycles. The quantitative estimate of drug-likeness (QED) is 0.883. The molecule has 8 nitrogen and oxygen atoms in total. The highest BCUT2D eigenvalue weighted by Gasteiger charge is 2.30. The van der Waals surface area contributed by atoms with Crippen LogP contribution >= 0.6 is 0 Å². The normalized spacial score (nSPS) is 17.4. The molecule has 25 heavy (non-hydrogen) atoms. The largest absolute Gasteiger partial charge is 0.480 e. The predicted molar refractivity (Wildman–Crippen MR) is 91.1 cm³/mol. The van der Waals surface area contributed by atoms with Gasteiger partial charge in [-0.2, -0.15) is 0 Å². The van der Waals surface area contributed by atoms with E-state index in [0.717, 1.165) is 5.56 Å². The maximum atomic E-state index is 12.7. The van der Waals surface area contributed by atoms with E-state index in [0.29, 0.717) is 24.8 Å². The first-order valence-corrected chi connectivity index (χ1v) is 7.94. The molecule has 2 N–H and O–H groups in total. The summed E-state index contributed by atoms with van der Waals surface area (Å²) in [5.41, 5.74) is 0.913. The first-order valence-electron chi connectivity index (χ1n) is 7.94. The third kappa shape index (κ3) is 4.03. The summed E-state index contributed by atoms with van der Waals surface area (Å²) in [5, 5.41) is 13.3. The zero-order valence-corrected chi connectivity index (χ0v) is 13.8. The number of carbonyl (C=O) groups excluding carboxylic acids is 2. The van der Waals surface area contributed by atoms with Crippen molar-refractivity contribution in [1.29, 1.82) is 0 Å². The fraction of sp³-hybridized carbons (Fsp3) is 0.294. The molecule has 3 rings (SSSR count). The molecule has 1 unspecified atom stereocenters. The molecule has 1 fully saturated rings. The van der Waals surface area contributed by atoms with Crippen LogP contribution in [-0.2, 0) is 4.79 Å². The van der Waals surface area contributed by atoms with Gasteiger partial charge in [-0.25, -0.2) is 4.79 Å². The van der Waals surface area contributed by atoms with Crippen molar-refractivity contribution >= 4 is 17.8 Å². The molecule has 1 aromatic carbocycles. The summed E-state index contributed by atoms with van der Waals surface area (Å²) in [6.07, 6.45) is 0.214. The number of benzene rings is 1. The molecule has 2 aromatic rings. The number of urea groups is 1. The van der Waals surface area contributed by atoms with Crippen molar-refractivity contribution in [2.45, 2.75) is 12.5 Å². The monoisotopic (exact) mass is 341 g/mol. The molecular formula is C17H19N5O3. The second kappa shape index (κ2) is 7.61. The minimum atomic E-state index is -0.338. The molecule has 3 amide bonds. The van der Waals surface area contributed by atoms with E-state index in [1.807, 2.05) is 30.3 Å². The Bertz CT molecular complexity index is 736. The van der Waals surface area contributed by atoms with Crippen LogP contribution in [-0.4, -0.2) is 47.2 Å². The highest BCUT2D eigenvalue weighted by Crippen LogP contribution is 2.26. The predicted octanol–water partition coefficient (Wildman–Crippen LogP) is 1.58. The van der Waals surface area contributed by atoms with Gasteiger partial charge in [0.25, 0.3) is 0 Å². The molecule has 1 saturated heterocycles. The highest BCUT2D eigenvalue weighted by molar-refractivity contribution is 5.89. The molecule has 130 valence electrons. The Labute approximate surface area is 145 Å². The Balaban J connectivity index is 1.80. The van der Waals surface area contributed by atoms with Crippen LogP contribution in [0.3, 0.4) is 0 Å². The van der Waals surface area contributed by atoms with Gasteiger partial charge in [-0.1, -0.05) is 30.3 Å². The van der Waals surface area contributed by atoms with E-state index in [4.69, 9.17) is 4.74 Å². The molecular weight excluding hydrogens is 322 g/mol. The van der Waals surface area contributed by atoms with E-state index in [2.05, 4.69) is 20.8 Å². The van der Waals surface area contributed by atoms with Crippen LogP contribution in [0.2, 0.25) is 0 Å². The standard InChI is InChI=1S/C17H19N5O3/c1-25-16-8-7-14(20-21-16)19-17(24)22-10-9-18-15(23)11-13(22)12-5-3-2-4-6-12/h2-8,13H,9-11H2,1H3,(H,18,23)(H,19,20,24). The number of aromatic nitrogens is 2. The molecule has 1 aliphatic heterocycles. The number of anilines is 1. The van der Waals surface area contributed by atoms with E-state index in [9.17, 15) is 9.59 Å². The lowest BCUT2D eigenvalue weighted by molar-refractivity contribution is -0.121. The van der Waals surface area contributed by atoms with Gasteiger partial charge in [0.1, 0.15) is 0 Å². The van der Waals surface area contributed by atoms with Crippen molar-refractivity contribution in [2.75, 3.05) is 25.5 Å². The van der Waals surface area contributed by atoms with E-state index >= 15 is 0 Å². The van der Waals surface area contributed by atoms with Crippen LogP contribution < -0.4 is 15.4 Å². The Morgan fingerprint density at radius 3 is 2.72 bits per heavy atom. The van der Waals surface area contributed by atoms with Gasteiger partial charge in [0.2, 0.25) is 11.8 Å². The van der Waals surface area contributed by atoms with E-state index in [1.54, 1.807) is 17.0 Å². The number of methoxy groups -OCH3 is 1. The SMILES string of the molecule is COc1ccc(NC(=O)N2CCNC(=O)CC2c2ccccc2)nn1. The summed E-state index contributed by atoms with van der Waals surface area (Å²) >= 11 is 0. The van der Waals surface area contributed by atoms with E-state index in [1.165, 1.54) is 7.11 Å². The Morgan fingerprint density at radius 1 is 1.24 bits per heavy atom. The summed E-state index contributed by atoms with van der Waals surface area (Å²) in [6, 6.07) is 12.1. The minimum absolute atomic E-state index is 0.0756. The smallest absolute Gasteiger partial charge is 0.323 e. The van der Waals surface area contributed by atoms with Crippen LogP contribution in [0.25, 0.3) is 0 Å². The first-order chi connectivity index (χ1) is 12.2. The van der Waals surface area contributed by atoms with Gasteiger partial charge in [-0.05, 0) is 11.6 Å². The maximum absolute atomic E-state index is 12.7. The average molecular weight is 341 g/mol. The number of amides is 3. The Hall–Kier alpha value is -3.16. The van der Waals surface area contributed by atoms with E-state index in [-0.39, 0.29) is 24.4 Å². The lowest BCUT2D eigenvalue weighted by Crippen LogP contribution is -2.39. The van der Waals surface area contributed by atoms with Crippen molar-refractivity contribution in [3.8, 4) is 5.88 Å². The second-order valence-corrected chi connectivity index (χ2v) is 5.57. The van der Waals surface area contributed by atoms with Crippen molar-refractivity contribution < 1.29 is 14.3 Å². The average Bonchev–Trinajstić information content (AvgIpc) is 2.84. The highest BCUT2D eigenvalue weighted by atomic mass is 16.5. The van der Waals surface area contributed by atoms with Gasteiger partial charge in [0.05, 0.1) is 19.6 Å². The van der Waals surface area contributed by atoms with Crippen molar-refractivity contribution in [2.24, 2.45) is 0 Å². The lowest BCUT2D eigenvalue weighted by Gasteiger charge is -2.29. The fourth-order valence-electron chi connectivity index (χ4n) is 2.72. The van der Waals surface area contributed by atoms with Crippen molar-refractivity contribution in [1.82, 2.24) is 20.4 Å². The fourth-order valence-corrected chi connectivity index (χ4v) is 2.72. The first kappa shape index (κ1) is 16.7. The van der Waals surface area contributed by atoms with Crippen LogP contribution in [0.5, 0.6) is 5.88 Å². The van der Waals surface area contributed by atoms with Crippen molar-refractivity contribution in [3.63, 3.8) is 0 Å². The maximum Gasteiger partial charge on any atom is 0.323 e. The van der Waals surface area contributed by atoms with E-state index < -0.39 is 0 Å². The molecule has 0 spiro atoms. The third-order valence-electron chi connectivity index (χ3n) is 3.96. The summed E-state index contributed by atoms with van der Waals surface area (Å²) in [7, 11) is 1.49. The number of hydrogen-bond acceptors (Lipinski definition) is 5. The van der Waals surface area contributed by atoms with Crippen LogP contribution in [0, 0.1) is 0 Å². The second-order valence-electron chi connectivity index (χ2n) is 5.57. The topological polar surface area (TPSA) is 96.5 Å². The van der Waals surface area contributed by atoms with Gasteiger partial charge in [-0.3, -0.25) is 10.1 Å². The van der Waals surface area contributed by atoms with Crippen LogP contribution in [0.1, 0.15) is 18.0 Å². The molecule has 1 aliphatic rings. The molecule has 1 aromatic heterocycles. The molecule has 0 radical (unpaired) electrons. The summed E-state index contributed by atoms with van der Waals surface area (Å²) in [4.78, 5) is 26.3. The number of nitrogens with zero attached hydrogens (tertiary/aromatic N) is 3. The summed E-state index contributed by atoms with van der Waals surface area (Å²) < 4.78 is 4.95. The molecule has 0 bridgehead atoms. The van der Waals surface area contributed by atoms with Crippen LogP contribution in [0.4, 0.5) is 10.6 Å². The van der Waals surface area contributed by atoms with Gasteiger partial charge in [0.15, 0.2) is 5.82 Å². The van der Waals surface area contributed by atoms with Gasteiger partial charge in [-0.15, -0.1) is 10.2 Å². The minimum Gasteiger partial charge on any atom is -0.480 e. The molecule has 0 aliphatic carbocycles. The number of carbonyl (C=O) groups is 2. The molecule has 1 atom stereocenters. The summed E-state index contributed by atoms with van der Waals surface area (Å²) in [6.45, 7) is 0.810. The lowest BCUT2D eigenvalue weighted by atomic mass is 10.0. The Kier molecular flexibility index (Phi) is 5.08. The Morgan fingerprint density at radius 2 is 2.04 bits per heavy atom. The molecule has 8 heteroatoms. The van der Waals surface area contributed by atoms with Crippen LogP contribution in [0.15, 0.2) is 42.5 Å². The number of ether oxygens (including phenoxy) is 1. The zero-order valence-electron chi connectivity index (χ0n) is 13.8. The molecule has 0 saturated carbocycles. The third-order valence-corrected chi connectivity index (χ3v) is 3.96. The van der Waals surface area contributed by atoms with Gasteiger partial charge >= 0.3 is 6.03 Å².